The number of aliphatic hydroxyl groups excluding tert-OH is 1. The van der Waals surface area contributed by atoms with Crippen LogP contribution >= 0.6 is 0 Å². The highest BCUT2D eigenvalue weighted by Gasteiger charge is 2.22. The van der Waals surface area contributed by atoms with E-state index in [1.807, 2.05) is 6.92 Å². The van der Waals surface area contributed by atoms with Crippen LogP contribution in [0.25, 0.3) is 0 Å². The lowest BCUT2D eigenvalue weighted by Crippen LogP contribution is -2.36. The van der Waals surface area contributed by atoms with Crippen molar-refractivity contribution in [1.29, 1.82) is 0 Å². The predicted octanol–water partition coefficient (Wildman–Crippen LogP) is 1.65. The van der Waals surface area contributed by atoms with E-state index in [0.717, 1.165) is 12.8 Å². The topological polar surface area (TPSA) is 66.4 Å². The minimum Gasteiger partial charge on any atom is -0.396 e. The van der Waals surface area contributed by atoms with E-state index in [-0.39, 0.29) is 18.4 Å². The van der Waals surface area contributed by atoms with Gasteiger partial charge in [0.15, 0.2) is 0 Å². The second-order valence-electron chi connectivity index (χ2n) is 5.17. The van der Waals surface area contributed by atoms with Crippen LogP contribution in [0.5, 0.6) is 0 Å². The van der Waals surface area contributed by atoms with Gasteiger partial charge in [0.05, 0.1) is 5.75 Å². The molecule has 0 radical (unpaired) electrons. The predicted molar refractivity (Wildman–Crippen MR) is 69.3 cm³/mol. The second-order valence-corrected chi connectivity index (χ2v) is 6.97. The van der Waals surface area contributed by atoms with Crippen LogP contribution in [0.3, 0.4) is 0 Å². The second kappa shape index (κ2) is 7.34. The first-order chi connectivity index (χ1) is 8.03. The fraction of sp³-hybridized carbons (Fsp3) is 1.00. The summed E-state index contributed by atoms with van der Waals surface area (Å²) in [6, 6.07) is -0.0734. The first-order valence-electron chi connectivity index (χ1n) is 6.64. The van der Waals surface area contributed by atoms with E-state index in [1.54, 1.807) is 0 Å². The summed E-state index contributed by atoms with van der Waals surface area (Å²) < 4.78 is 26.5. The number of aliphatic hydroxyl groups is 1. The van der Waals surface area contributed by atoms with Crippen molar-refractivity contribution in [2.24, 2.45) is 5.92 Å². The fourth-order valence-corrected chi connectivity index (χ4v) is 4.26. The molecule has 0 saturated heterocycles. The lowest BCUT2D eigenvalue weighted by Gasteiger charge is -2.22. The van der Waals surface area contributed by atoms with Crippen molar-refractivity contribution >= 4 is 10.0 Å². The molecular formula is C12H25NO3S. The fourth-order valence-electron chi connectivity index (χ4n) is 2.48. The lowest BCUT2D eigenvalue weighted by atomic mass is 9.91. The Hall–Kier alpha value is -0.130. The molecule has 1 atom stereocenters. The average molecular weight is 263 g/mol. The molecular weight excluding hydrogens is 238 g/mol. The molecule has 1 rings (SSSR count). The van der Waals surface area contributed by atoms with Gasteiger partial charge in [-0.3, -0.25) is 0 Å². The zero-order valence-electron chi connectivity index (χ0n) is 10.7. The molecule has 0 aliphatic heterocycles. The molecule has 0 aromatic carbocycles. The molecule has 0 amide bonds. The zero-order chi connectivity index (χ0) is 12.7. The van der Waals surface area contributed by atoms with Crippen molar-refractivity contribution in [3.63, 3.8) is 0 Å². The standard InChI is InChI=1S/C12H25NO3S/c1-11(6-5-9-14)13-17(15,16)10-12-7-3-2-4-8-12/h11-14H,2-10H2,1H3. The number of sulfonamides is 1. The molecule has 0 heterocycles. The Kier molecular flexibility index (Phi) is 6.44. The summed E-state index contributed by atoms with van der Waals surface area (Å²) in [6.45, 7) is 1.97. The maximum Gasteiger partial charge on any atom is 0.212 e. The molecule has 0 aromatic heterocycles. The summed E-state index contributed by atoms with van der Waals surface area (Å²) in [6.07, 6.45) is 7.02. The molecule has 1 fully saturated rings. The van der Waals surface area contributed by atoms with Gasteiger partial charge >= 0.3 is 0 Å². The van der Waals surface area contributed by atoms with E-state index in [9.17, 15) is 8.42 Å². The maximum atomic E-state index is 11.9. The first kappa shape index (κ1) is 14.9. The van der Waals surface area contributed by atoms with Gasteiger partial charge in [0.2, 0.25) is 10.0 Å². The first-order valence-corrected chi connectivity index (χ1v) is 8.29. The molecule has 0 aromatic rings. The molecule has 0 bridgehead atoms. The Labute approximate surface area is 105 Å². The lowest BCUT2D eigenvalue weighted by molar-refractivity contribution is 0.279. The molecule has 0 spiro atoms. The summed E-state index contributed by atoms with van der Waals surface area (Å²) in [7, 11) is -3.14. The van der Waals surface area contributed by atoms with Gasteiger partial charge < -0.3 is 5.11 Å². The summed E-state index contributed by atoms with van der Waals surface area (Å²) in [4.78, 5) is 0. The van der Waals surface area contributed by atoms with Gasteiger partial charge in [-0.15, -0.1) is 0 Å². The van der Waals surface area contributed by atoms with Crippen LogP contribution in [0.2, 0.25) is 0 Å². The van der Waals surface area contributed by atoms with Crippen molar-refractivity contribution in [1.82, 2.24) is 4.72 Å². The third-order valence-electron chi connectivity index (χ3n) is 3.36. The minimum atomic E-state index is -3.14. The van der Waals surface area contributed by atoms with E-state index in [2.05, 4.69) is 4.72 Å². The molecule has 4 nitrogen and oxygen atoms in total. The van der Waals surface area contributed by atoms with Crippen molar-refractivity contribution in [3.8, 4) is 0 Å². The highest BCUT2D eigenvalue weighted by atomic mass is 32.2. The van der Waals surface area contributed by atoms with Gasteiger partial charge in [0.1, 0.15) is 0 Å². The maximum absolute atomic E-state index is 11.9. The summed E-state index contributed by atoms with van der Waals surface area (Å²) in [5.41, 5.74) is 0. The monoisotopic (exact) mass is 263 g/mol. The largest absolute Gasteiger partial charge is 0.396 e. The van der Waals surface area contributed by atoms with Crippen molar-refractivity contribution in [3.05, 3.63) is 0 Å². The van der Waals surface area contributed by atoms with Gasteiger partial charge in [-0.25, -0.2) is 13.1 Å². The van der Waals surface area contributed by atoms with Gasteiger partial charge in [0, 0.05) is 12.6 Å². The Balaban J connectivity index is 2.33. The molecule has 102 valence electrons. The molecule has 17 heavy (non-hydrogen) atoms. The molecule has 1 aliphatic carbocycles. The highest BCUT2D eigenvalue weighted by Crippen LogP contribution is 2.24. The third-order valence-corrected chi connectivity index (χ3v) is 5.03. The third kappa shape index (κ3) is 6.38. The van der Waals surface area contributed by atoms with Crippen molar-refractivity contribution in [2.75, 3.05) is 12.4 Å². The average Bonchev–Trinajstić information content (AvgIpc) is 2.26. The van der Waals surface area contributed by atoms with Crippen LogP contribution in [-0.4, -0.2) is 31.9 Å². The smallest absolute Gasteiger partial charge is 0.212 e. The van der Waals surface area contributed by atoms with Crippen LogP contribution < -0.4 is 4.72 Å². The molecule has 5 heteroatoms. The van der Waals surface area contributed by atoms with E-state index in [1.165, 1.54) is 19.3 Å². The number of hydrogen-bond donors (Lipinski definition) is 2. The van der Waals surface area contributed by atoms with Gasteiger partial charge in [0.25, 0.3) is 0 Å². The molecule has 1 saturated carbocycles. The Bertz CT molecular complexity index is 297. The van der Waals surface area contributed by atoms with Crippen molar-refractivity contribution in [2.45, 2.75) is 57.9 Å². The normalized spacial score (nSPS) is 20.4. The van der Waals surface area contributed by atoms with E-state index in [0.29, 0.717) is 18.8 Å². The number of hydrogen-bond acceptors (Lipinski definition) is 3. The minimum absolute atomic E-state index is 0.0734. The van der Waals surface area contributed by atoms with Crippen LogP contribution in [0.15, 0.2) is 0 Å². The van der Waals surface area contributed by atoms with Crippen LogP contribution in [0, 0.1) is 5.92 Å². The molecule has 1 aliphatic rings. The number of rotatable bonds is 7. The summed E-state index contributed by atoms with van der Waals surface area (Å²) in [5, 5.41) is 8.70. The van der Waals surface area contributed by atoms with Gasteiger partial charge in [-0.1, -0.05) is 19.3 Å². The Morgan fingerprint density at radius 2 is 1.94 bits per heavy atom. The van der Waals surface area contributed by atoms with Crippen LogP contribution in [-0.2, 0) is 10.0 Å². The number of nitrogens with one attached hydrogen (secondary N) is 1. The van der Waals surface area contributed by atoms with Crippen LogP contribution in [0.4, 0.5) is 0 Å². The van der Waals surface area contributed by atoms with E-state index >= 15 is 0 Å². The highest BCUT2D eigenvalue weighted by molar-refractivity contribution is 7.89. The quantitative estimate of drug-likeness (QED) is 0.734. The molecule has 2 N–H and O–H groups in total. The SMILES string of the molecule is CC(CCCO)NS(=O)(=O)CC1CCCCC1. The van der Waals surface area contributed by atoms with Gasteiger partial charge in [-0.05, 0) is 38.5 Å². The molecule has 1 unspecified atom stereocenters. The van der Waals surface area contributed by atoms with Crippen LogP contribution in [0.1, 0.15) is 51.9 Å². The Morgan fingerprint density at radius 3 is 2.53 bits per heavy atom. The summed E-state index contributed by atoms with van der Waals surface area (Å²) in [5.74, 6) is 0.613. The van der Waals surface area contributed by atoms with E-state index in [4.69, 9.17) is 5.11 Å². The van der Waals surface area contributed by atoms with E-state index < -0.39 is 10.0 Å². The Morgan fingerprint density at radius 1 is 1.29 bits per heavy atom. The zero-order valence-corrected chi connectivity index (χ0v) is 11.5. The van der Waals surface area contributed by atoms with Crippen molar-refractivity contribution < 1.29 is 13.5 Å². The summed E-state index contributed by atoms with van der Waals surface area (Å²) >= 11 is 0. The van der Waals surface area contributed by atoms with Gasteiger partial charge in [-0.2, -0.15) is 0 Å².